The molecule has 1 aliphatic carbocycles. The van der Waals surface area contributed by atoms with E-state index in [-0.39, 0.29) is 24.4 Å². The van der Waals surface area contributed by atoms with Crippen molar-refractivity contribution in [2.24, 2.45) is 5.92 Å². The number of amides is 1. The number of para-hydroxylation sites is 1. The molecule has 0 bridgehead atoms. The van der Waals surface area contributed by atoms with Crippen molar-refractivity contribution < 1.29 is 4.79 Å². The van der Waals surface area contributed by atoms with Gasteiger partial charge in [-0.25, -0.2) is 4.98 Å². The van der Waals surface area contributed by atoms with Crippen LogP contribution in [0.15, 0.2) is 35.4 Å². The summed E-state index contributed by atoms with van der Waals surface area (Å²) in [6, 6.07) is 8.91. The molecule has 0 saturated heterocycles. The van der Waals surface area contributed by atoms with E-state index in [4.69, 9.17) is 5.26 Å². The highest BCUT2D eigenvalue weighted by atomic mass is 32.1. The number of thiophene rings is 1. The van der Waals surface area contributed by atoms with Crippen LogP contribution in [0.4, 0.5) is 5.69 Å². The number of hydrogen-bond acceptors (Lipinski definition) is 5. The number of nitriles is 1. The van der Waals surface area contributed by atoms with Crippen LogP contribution in [0.5, 0.6) is 0 Å². The Morgan fingerprint density at radius 3 is 3.07 bits per heavy atom. The number of hydrogen-bond donors (Lipinski definition) is 1. The second-order valence-corrected chi connectivity index (χ2v) is 8.31. The molecule has 1 amide bonds. The fraction of sp³-hybridized carbons (Fsp3) is 0.333. The predicted molar refractivity (Wildman–Crippen MR) is 109 cm³/mol. The van der Waals surface area contributed by atoms with Gasteiger partial charge in [-0.2, -0.15) is 5.26 Å². The van der Waals surface area contributed by atoms with E-state index in [1.807, 2.05) is 0 Å². The fourth-order valence-electron chi connectivity index (χ4n) is 3.65. The number of carbonyl (C=O) groups excluding carboxylic acids is 1. The van der Waals surface area contributed by atoms with Gasteiger partial charge in [0.1, 0.15) is 10.9 Å². The molecule has 0 saturated carbocycles. The molecule has 0 spiro atoms. The minimum Gasteiger partial charge on any atom is -0.325 e. The van der Waals surface area contributed by atoms with Crippen molar-refractivity contribution >= 4 is 33.1 Å². The van der Waals surface area contributed by atoms with E-state index in [1.165, 1.54) is 15.8 Å². The molecular formula is C21H20N4O2S. The Kier molecular flexibility index (Phi) is 4.97. The number of fused-ring (bicyclic) bond motifs is 3. The second-order valence-electron chi connectivity index (χ2n) is 7.23. The lowest BCUT2D eigenvalue weighted by atomic mass is 9.89. The van der Waals surface area contributed by atoms with Gasteiger partial charge in [-0.05, 0) is 42.9 Å². The van der Waals surface area contributed by atoms with Crippen molar-refractivity contribution in [2.75, 3.05) is 5.32 Å². The van der Waals surface area contributed by atoms with Gasteiger partial charge in [-0.15, -0.1) is 11.3 Å². The molecule has 3 aromatic rings. The Hall–Kier alpha value is -2.98. The Bertz CT molecular complexity index is 1160. The van der Waals surface area contributed by atoms with Crippen LogP contribution >= 0.6 is 11.3 Å². The monoisotopic (exact) mass is 392 g/mol. The molecule has 2 heterocycles. The number of anilines is 1. The van der Waals surface area contributed by atoms with Crippen molar-refractivity contribution in [2.45, 2.75) is 39.2 Å². The zero-order chi connectivity index (χ0) is 19.7. The Balaban J connectivity index is 1.52. The molecule has 1 N–H and O–H groups in total. The molecule has 1 atom stereocenters. The molecule has 7 heteroatoms. The maximum atomic E-state index is 13.0. The van der Waals surface area contributed by atoms with Gasteiger partial charge >= 0.3 is 0 Å². The number of aromatic nitrogens is 2. The first-order chi connectivity index (χ1) is 13.6. The quantitative estimate of drug-likeness (QED) is 0.736. The summed E-state index contributed by atoms with van der Waals surface area (Å²) in [7, 11) is 0. The molecule has 1 unspecified atom stereocenters. The third-order valence-corrected chi connectivity index (χ3v) is 6.35. The second kappa shape index (κ2) is 7.56. The van der Waals surface area contributed by atoms with Gasteiger partial charge in [-0.3, -0.25) is 14.2 Å². The Labute approximate surface area is 166 Å². The number of benzene rings is 1. The average Bonchev–Trinajstić information content (AvgIpc) is 3.06. The summed E-state index contributed by atoms with van der Waals surface area (Å²) < 4.78 is 1.52. The van der Waals surface area contributed by atoms with Gasteiger partial charge in [0.2, 0.25) is 5.91 Å². The molecule has 2 aromatic heterocycles. The first-order valence-corrected chi connectivity index (χ1v) is 10.2. The van der Waals surface area contributed by atoms with E-state index in [0.29, 0.717) is 17.2 Å². The smallest absolute Gasteiger partial charge is 0.262 e. The number of carbonyl (C=O) groups is 1. The number of rotatable bonds is 4. The van der Waals surface area contributed by atoms with Gasteiger partial charge in [0.15, 0.2) is 0 Å². The van der Waals surface area contributed by atoms with E-state index in [0.717, 1.165) is 35.0 Å². The molecule has 0 fully saturated rings. The Morgan fingerprint density at radius 1 is 1.43 bits per heavy atom. The first-order valence-electron chi connectivity index (χ1n) is 9.35. The summed E-state index contributed by atoms with van der Waals surface area (Å²) in [5.41, 5.74) is 1.98. The van der Waals surface area contributed by atoms with Crippen LogP contribution < -0.4 is 10.9 Å². The molecule has 1 aliphatic rings. The van der Waals surface area contributed by atoms with E-state index in [2.05, 4.69) is 23.3 Å². The van der Waals surface area contributed by atoms with Crippen LogP contribution in [0.3, 0.4) is 0 Å². The van der Waals surface area contributed by atoms with Crippen LogP contribution in [0.2, 0.25) is 0 Å². The van der Waals surface area contributed by atoms with Gasteiger partial charge in [0.05, 0.1) is 23.0 Å². The minimum absolute atomic E-state index is 0.0673. The third kappa shape index (κ3) is 3.43. The molecule has 6 nitrogen and oxygen atoms in total. The average molecular weight is 392 g/mol. The Morgan fingerprint density at radius 2 is 2.25 bits per heavy atom. The van der Waals surface area contributed by atoms with Crippen LogP contribution in [0, 0.1) is 17.2 Å². The van der Waals surface area contributed by atoms with Gasteiger partial charge in [0, 0.05) is 17.8 Å². The number of nitrogens with one attached hydrogen (secondary N) is 1. The van der Waals surface area contributed by atoms with E-state index in [9.17, 15) is 9.59 Å². The maximum absolute atomic E-state index is 13.0. The van der Waals surface area contributed by atoms with Crippen molar-refractivity contribution in [3.8, 4) is 6.07 Å². The summed E-state index contributed by atoms with van der Waals surface area (Å²) in [5.74, 6) is 0.402. The molecule has 28 heavy (non-hydrogen) atoms. The number of aryl methyl sites for hydroxylation is 2. The molecule has 1 aromatic carbocycles. The predicted octanol–water partition coefficient (Wildman–Crippen LogP) is 3.48. The highest BCUT2D eigenvalue weighted by Crippen LogP contribution is 2.35. The van der Waals surface area contributed by atoms with Crippen LogP contribution in [0.1, 0.15) is 35.8 Å². The lowest BCUT2D eigenvalue weighted by Crippen LogP contribution is -2.24. The lowest BCUT2D eigenvalue weighted by molar-refractivity contribution is -0.116. The molecule has 4 rings (SSSR count). The van der Waals surface area contributed by atoms with Gasteiger partial charge in [-0.1, -0.05) is 19.1 Å². The zero-order valence-corrected chi connectivity index (χ0v) is 16.4. The van der Waals surface area contributed by atoms with Gasteiger partial charge in [0.25, 0.3) is 5.56 Å². The van der Waals surface area contributed by atoms with Crippen molar-refractivity contribution in [3.05, 3.63) is 57.0 Å². The SMILES string of the molecule is CC1CCc2c(sc3ncn(CCC(=O)Nc4ccccc4C#N)c(=O)c23)C1. The van der Waals surface area contributed by atoms with Crippen LogP contribution in [0.25, 0.3) is 10.2 Å². The highest BCUT2D eigenvalue weighted by Gasteiger charge is 2.23. The normalized spacial score (nSPS) is 15.8. The zero-order valence-electron chi connectivity index (χ0n) is 15.6. The van der Waals surface area contributed by atoms with Crippen molar-refractivity contribution in [1.29, 1.82) is 5.26 Å². The van der Waals surface area contributed by atoms with Crippen molar-refractivity contribution in [1.82, 2.24) is 9.55 Å². The largest absolute Gasteiger partial charge is 0.325 e. The number of nitrogens with zero attached hydrogens (tertiary/aromatic N) is 3. The van der Waals surface area contributed by atoms with E-state index in [1.54, 1.807) is 35.6 Å². The standard InChI is InChI=1S/C21H20N4O2S/c1-13-6-7-15-17(10-13)28-20-19(15)21(27)25(12-23-20)9-8-18(26)24-16-5-3-2-4-14(16)11-22/h2-5,12-13H,6-10H2,1H3,(H,24,26). The summed E-state index contributed by atoms with van der Waals surface area (Å²) >= 11 is 1.62. The van der Waals surface area contributed by atoms with E-state index < -0.39 is 0 Å². The van der Waals surface area contributed by atoms with Crippen LogP contribution in [-0.4, -0.2) is 15.5 Å². The fourth-order valence-corrected chi connectivity index (χ4v) is 4.99. The van der Waals surface area contributed by atoms with Crippen molar-refractivity contribution in [3.63, 3.8) is 0 Å². The molecule has 0 aliphatic heterocycles. The molecular weight excluding hydrogens is 372 g/mol. The highest BCUT2D eigenvalue weighted by molar-refractivity contribution is 7.18. The summed E-state index contributed by atoms with van der Waals surface area (Å²) in [6.07, 6.45) is 4.69. The first kappa shape index (κ1) is 18.4. The third-order valence-electron chi connectivity index (χ3n) is 5.18. The molecule has 142 valence electrons. The lowest BCUT2D eigenvalue weighted by Gasteiger charge is -2.17. The molecule has 0 radical (unpaired) electrons. The van der Waals surface area contributed by atoms with Gasteiger partial charge < -0.3 is 5.32 Å². The minimum atomic E-state index is -0.240. The van der Waals surface area contributed by atoms with Crippen LogP contribution in [-0.2, 0) is 24.2 Å². The summed E-state index contributed by atoms with van der Waals surface area (Å²) in [4.78, 5) is 31.8. The summed E-state index contributed by atoms with van der Waals surface area (Å²) in [6.45, 7) is 2.49. The maximum Gasteiger partial charge on any atom is 0.262 e. The van der Waals surface area contributed by atoms with E-state index >= 15 is 0 Å². The summed E-state index contributed by atoms with van der Waals surface area (Å²) in [5, 5.41) is 12.6. The topological polar surface area (TPSA) is 87.8 Å².